The van der Waals surface area contributed by atoms with Gasteiger partial charge in [0.05, 0.1) is 12.1 Å². The molecule has 0 radical (unpaired) electrons. The van der Waals surface area contributed by atoms with Crippen LogP contribution >= 0.6 is 0 Å². The fourth-order valence-electron chi connectivity index (χ4n) is 3.88. The van der Waals surface area contributed by atoms with E-state index in [2.05, 4.69) is 61.6 Å². The highest BCUT2D eigenvalue weighted by Gasteiger charge is 2.31. The van der Waals surface area contributed by atoms with Gasteiger partial charge in [0, 0.05) is 38.6 Å². The first-order valence-corrected chi connectivity index (χ1v) is 10.5. The number of rotatable bonds is 8. The molecule has 8 heteroatoms. The Morgan fingerprint density at radius 1 is 1.23 bits per heavy atom. The number of fused-ring (bicyclic) bond motifs is 1. The van der Waals surface area contributed by atoms with Crippen LogP contribution in [0.3, 0.4) is 0 Å². The third-order valence-corrected chi connectivity index (χ3v) is 5.50. The first-order chi connectivity index (χ1) is 14.8. The maximum absolute atomic E-state index is 12.9. The second-order valence-corrected chi connectivity index (χ2v) is 7.46. The molecular weight excluding hydrogens is 378 g/mol. The minimum absolute atomic E-state index is 0.0183. The van der Waals surface area contributed by atoms with E-state index in [4.69, 9.17) is 0 Å². The van der Waals surface area contributed by atoms with Crippen LogP contribution in [0.4, 0.5) is 0 Å². The minimum atomic E-state index is -0.277. The Balaban J connectivity index is 1.36. The predicted octanol–water partition coefficient (Wildman–Crippen LogP) is 2.25. The van der Waals surface area contributed by atoms with E-state index in [-0.39, 0.29) is 11.8 Å². The Bertz CT molecular complexity index is 958. The van der Waals surface area contributed by atoms with Crippen LogP contribution in [0.25, 0.3) is 11.5 Å². The summed E-state index contributed by atoms with van der Waals surface area (Å²) in [6, 6.07) is 10.4. The molecule has 1 amide bonds. The molecule has 1 N–H and O–H groups in total. The van der Waals surface area contributed by atoms with Crippen LogP contribution < -0.4 is 5.32 Å². The topological polar surface area (TPSA) is 88.8 Å². The fourth-order valence-corrected chi connectivity index (χ4v) is 3.88. The van der Waals surface area contributed by atoms with Gasteiger partial charge in [0.2, 0.25) is 5.91 Å². The van der Waals surface area contributed by atoms with E-state index in [0.717, 1.165) is 44.8 Å². The van der Waals surface area contributed by atoms with E-state index >= 15 is 0 Å². The van der Waals surface area contributed by atoms with Gasteiger partial charge in [-0.15, -0.1) is 10.2 Å². The summed E-state index contributed by atoms with van der Waals surface area (Å²) in [6.45, 7) is 6.17. The van der Waals surface area contributed by atoms with Gasteiger partial charge in [0.25, 0.3) is 0 Å². The van der Waals surface area contributed by atoms with E-state index < -0.39 is 0 Å². The van der Waals surface area contributed by atoms with Gasteiger partial charge in [-0.25, -0.2) is 4.98 Å². The molecule has 4 rings (SSSR count). The quantitative estimate of drug-likeness (QED) is 0.618. The summed E-state index contributed by atoms with van der Waals surface area (Å²) in [6.07, 6.45) is 6.63. The fraction of sp³-hybridized carbons (Fsp3) is 0.409. The summed E-state index contributed by atoms with van der Waals surface area (Å²) in [7, 11) is 0. The van der Waals surface area contributed by atoms with Crippen molar-refractivity contribution < 1.29 is 4.79 Å². The zero-order valence-corrected chi connectivity index (χ0v) is 17.2. The summed E-state index contributed by atoms with van der Waals surface area (Å²) >= 11 is 0. The monoisotopic (exact) mass is 405 g/mol. The van der Waals surface area contributed by atoms with Crippen LogP contribution in [0.5, 0.6) is 0 Å². The Labute approximate surface area is 176 Å². The molecule has 1 aliphatic heterocycles. The molecule has 1 atom stereocenters. The number of likely N-dealkylation sites (N-methyl/N-ethyl adjacent to an activating group) is 1. The van der Waals surface area contributed by atoms with Crippen molar-refractivity contribution in [2.24, 2.45) is 0 Å². The molecule has 0 aliphatic carbocycles. The molecule has 156 valence electrons. The van der Waals surface area contributed by atoms with E-state index in [9.17, 15) is 4.79 Å². The molecule has 0 saturated heterocycles. The number of hydrogen-bond donors (Lipinski definition) is 1. The normalized spacial score (nSPS) is 15.7. The van der Waals surface area contributed by atoms with Crippen LogP contribution in [0.15, 0.2) is 48.9 Å². The SMILES string of the molecule is CCN(CCNC(=O)C1CCCn2c(-c3cnccn3)nnc21)Cc1ccccc1. The largest absolute Gasteiger partial charge is 0.354 e. The lowest BCUT2D eigenvalue weighted by atomic mass is 9.98. The van der Waals surface area contributed by atoms with Crippen molar-refractivity contribution in [1.82, 2.24) is 34.9 Å². The summed E-state index contributed by atoms with van der Waals surface area (Å²) < 4.78 is 2.01. The zero-order chi connectivity index (χ0) is 20.8. The van der Waals surface area contributed by atoms with Gasteiger partial charge in [-0.1, -0.05) is 37.3 Å². The van der Waals surface area contributed by atoms with Crippen molar-refractivity contribution >= 4 is 5.91 Å². The van der Waals surface area contributed by atoms with Gasteiger partial charge in [0.1, 0.15) is 11.5 Å². The highest BCUT2D eigenvalue weighted by molar-refractivity contribution is 5.83. The number of nitrogens with zero attached hydrogens (tertiary/aromatic N) is 6. The smallest absolute Gasteiger partial charge is 0.230 e. The van der Waals surface area contributed by atoms with Crippen LogP contribution in [-0.4, -0.2) is 55.2 Å². The second-order valence-electron chi connectivity index (χ2n) is 7.46. The molecule has 3 heterocycles. The van der Waals surface area contributed by atoms with E-state index in [1.807, 2.05) is 10.6 Å². The number of hydrogen-bond acceptors (Lipinski definition) is 6. The first-order valence-electron chi connectivity index (χ1n) is 10.5. The molecule has 3 aromatic rings. The molecule has 0 bridgehead atoms. The highest BCUT2D eigenvalue weighted by atomic mass is 16.1. The van der Waals surface area contributed by atoms with E-state index in [1.54, 1.807) is 18.6 Å². The van der Waals surface area contributed by atoms with Crippen LogP contribution in [-0.2, 0) is 17.9 Å². The average Bonchev–Trinajstić information content (AvgIpc) is 3.24. The van der Waals surface area contributed by atoms with Crippen molar-refractivity contribution in [2.45, 2.75) is 38.8 Å². The van der Waals surface area contributed by atoms with E-state index in [1.165, 1.54) is 5.56 Å². The number of nitrogens with one attached hydrogen (secondary N) is 1. The van der Waals surface area contributed by atoms with Gasteiger partial charge in [-0.3, -0.25) is 14.7 Å². The van der Waals surface area contributed by atoms with Gasteiger partial charge < -0.3 is 9.88 Å². The first kappa shape index (κ1) is 20.2. The molecule has 2 aromatic heterocycles. The van der Waals surface area contributed by atoms with Crippen molar-refractivity contribution in [2.75, 3.05) is 19.6 Å². The molecule has 30 heavy (non-hydrogen) atoms. The highest BCUT2D eigenvalue weighted by Crippen LogP contribution is 2.29. The Hall–Kier alpha value is -3.13. The number of benzene rings is 1. The summed E-state index contributed by atoms with van der Waals surface area (Å²) in [5, 5.41) is 11.7. The third-order valence-electron chi connectivity index (χ3n) is 5.50. The third kappa shape index (κ3) is 4.54. The molecule has 8 nitrogen and oxygen atoms in total. The van der Waals surface area contributed by atoms with Gasteiger partial charge in [-0.2, -0.15) is 0 Å². The minimum Gasteiger partial charge on any atom is -0.354 e. The van der Waals surface area contributed by atoms with Gasteiger partial charge >= 0.3 is 0 Å². The maximum atomic E-state index is 12.9. The van der Waals surface area contributed by atoms with Crippen molar-refractivity contribution in [3.8, 4) is 11.5 Å². The van der Waals surface area contributed by atoms with Crippen molar-refractivity contribution in [3.05, 3.63) is 60.3 Å². The van der Waals surface area contributed by atoms with Crippen LogP contribution in [0, 0.1) is 0 Å². The number of aromatic nitrogens is 5. The molecule has 0 saturated carbocycles. The second kappa shape index (κ2) is 9.58. The van der Waals surface area contributed by atoms with Crippen molar-refractivity contribution in [3.63, 3.8) is 0 Å². The van der Waals surface area contributed by atoms with Gasteiger partial charge in [-0.05, 0) is 24.9 Å². The average molecular weight is 406 g/mol. The molecule has 1 aromatic carbocycles. The summed E-state index contributed by atoms with van der Waals surface area (Å²) in [5.74, 6) is 1.14. The number of amides is 1. The zero-order valence-electron chi connectivity index (χ0n) is 17.2. The molecule has 1 aliphatic rings. The maximum Gasteiger partial charge on any atom is 0.230 e. The van der Waals surface area contributed by atoms with Crippen LogP contribution in [0.2, 0.25) is 0 Å². The lowest BCUT2D eigenvalue weighted by Crippen LogP contribution is -2.38. The number of carbonyl (C=O) groups excluding carboxylic acids is 1. The Morgan fingerprint density at radius 2 is 2.10 bits per heavy atom. The molecule has 0 spiro atoms. The van der Waals surface area contributed by atoms with Gasteiger partial charge in [0.15, 0.2) is 5.82 Å². The summed E-state index contributed by atoms with van der Waals surface area (Å²) in [5.41, 5.74) is 1.96. The standard InChI is InChI=1S/C22H27N7O/c1-2-28(16-17-7-4-3-5-8-17)14-12-25-22(30)18-9-6-13-29-20(18)26-27-21(29)19-15-23-10-11-24-19/h3-5,7-8,10-11,15,18H,2,6,9,12-14,16H2,1H3,(H,25,30). The summed E-state index contributed by atoms with van der Waals surface area (Å²) in [4.78, 5) is 23.7. The molecular formula is C22H27N7O. The Kier molecular flexibility index (Phi) is 6.44. The van der Waals surface area contributed by atoms with Crippen molar-refractivity contribution in [1.29, 1.82) is 0 Å². The lowest BCUT2D eigenvalue weighted by molar-refractivity contribution is -0.123. The number of carbonyl (C=O) groups is 1. The van der Waals surface area contributed by atoms with Crippen LogP contribution in [0.1, 0.15) is 37.1 Å². The molecule has 1 unspecified atom stereocenters. The predicted molar refractivity (Wildman–Crippen MR) is 113 cm³/mol. The Morgan fingerprint density at radius 3 is 2.87 bits per heavy atom. The van der Waals surface area contributed by atoms with E-state index in [0.29, 0.717) is 18.1 Å². The lowest BCUT2D eigenvalue weighted by Gasteiger charge is -2.24. The molecule has 0 fully saturated rings.